The molecular weight excluding hydrogens is 292 g/mol. The summed E-state index contributed by atoms with van der Waals surface area (Å²) in [6.45, 7) is -0.462. The first-order valence-corrected chi connectivity index (χ1v) is 6.57. The molecule has 0 spiro atoms. The standard InChI is InChI=1S/C14H14N2O6/c17-11-6-7-12(18)16(11)13(19)8-15-22-14(20)21-9-10-4-2-1-3-5-10/h1-5,15H,6-9H2. The number of benzene rings is 1. The smallest absolute Gasteiger partial charge is 0.428 e. The van der Waals surface area contributed by atoms with Gasteiger partial charge in [-0.25, -0.2) is 9.69 Å². The van der Waals surface area contributed by atoms with E-state index in [0.29, 0.717) is 4.90 Å². The molecule has 22 heavy (non-hydrogen) atoms. The van der Waals surface area contributed by atoms with Gasteiger partial charge in [0.15, 0.2) is 0 Å². The molecule has 1 aliphatic rings. The molecule has 0 aromatic heterocycles. The maximum atomic E-state index is 11.6. The molecular formula is C14H14N2O6. The van der Waals surface area contributed by atoms with Crippen LogP contribution in [-0.4, -0.2) is 35.3 Å². The highest BCUT2D eigenvalue weighted by Crippen LogP contribution is 2.11. The van der Waals surface area contributed by atoms with Crippen molar-refractivity contribution in [1.29, 1.82) is 0 Å². The quantitative estimate of drug-likeness (QED) is 0.480. The zero-order valence-corrected chi connectivity index (χ0v) is 11.6. The van der Waals surface area contributed by atoms with Crippen molar-refractivity contribution in [2.75, 3.05) is 6.54 Å². The topological polar surface area (TPSA) is 102 Å². The number of nitrogens with zero attached hydrogens (tertiary/aromatic N) is 1. The van der Waals surface area contributed by atoms with E-state index >= 15 is 0 Å². The third-order valence-corrected chi connectivity index (χ3v) is 2.88. The van der Waals surface area contributed by atoms with Crippen LogP contribution in [0.4, 0.5) is 4.79 Å². The van der Waals surface area contributed by atoms with Crippen molar-refractivity contribution in [1.82, 2.24) is 10.4 Å². The molecule has 1 saturated heterocycles. The Bertz CT molecular complexity index is 570. The van der Waals surface area contributed by atoms with Crippen LogP contribution in [0.2, 0.25) is 0 Å². The van der Waals surface area contributed by atoms with Gasteiger partial charge >= 0.3 is 6.16 Å². The first kappa shape index (κ1) is 15.6. The average Bonchev–Trinajstić information content (AvgIpc) is 2.85. The van der Waals surface area contributed by atoms with Gasteiger partial charge in [-0.15, -0.1) is 5.48 Å². The fourth-order valence-corrected chi connectivity index (χ4v) is 1.84. The second-order valence-corrected chi connectivity index (χ2v) is 4.46. The van der Waals surface area contributed by atoms with E-state index in [9.17, 15) is 19.2 Å². The Morgan fingerprint density at radius 1 is 1.09 bits per heavy atom. The minimum absolute atomic E-state index is 0.0184. The summed E-state index contributed by atoms with van der Waals surface area (Å²) in [6.07, 6.45) is -0.981. The maximum absolute atomic E-state index is 11.6. The van der Waals surface area contributed by atoms with Crippen molar-refractivity contribution >= 4 is 23.9 Å². The molecule has 0 bridgehead atoms. The molecule has 1 aliphatic heterocycles. The number of hydrogen-bond donors (Lipinski definition) is 1. The number of imide groups is 3. The van der Waals surface area contributed by atoms with Crippen LogP contribution in [0.25, 0.3) is 0 Å². The van der Waals surface area contributed by atoms with E-state index in [4.69, 9.17) is 4.74 Å². The predicted molar refractivity (Wildman–Crippen MR) is 71.8 cm³/mol. The molecule has 0 atom stereocenters. The molecule has 0 aliphatic carbocycles. The summed E-state index contributed by atoms with van der Waals surface area (Å²) in [5.41, 5.74) is 2.85. The lowest BCUT2D eigenvalue weighted by atomic mass is 10.2. The lowest BCUT2D eigenvalue weighted by molar-refractivity contribution is -0.149. The number of carbonyl (C=O) groups is 4. The summed E-state index contributed by atoms with van der Waals surface area (Å²) in [4.78, 5) is 50.5. The van der Waals surface area contributed by atoms with Crippen LogP contribution in [0, 0.1) is 0 Å². The van der Waals surface area contributed by atoms with Crippen LogP contribution in [0.1, 0.15) is 18.4 Å². The van der Waals surface area contributed by atoms with Gasteiger partial charge in [-0.05, 0) is 5.56 Å². The Morgan fingerprint density at radius 3 is 2.36 bits per heavy atom. The first-order valence-electron chi connectivity index (χ1n) is 6.57. The number of rotatable bonds is 5. The highest BCUT2D eigenvalue weighted by atomic mass is 16.8. The second-order valence-electron chi connectivity index (χ2n) is 4.46. The van der Waals surface area contributed by atoms with Gasteiger partial charge in [-0.1, -0.05) is 30.3 Å². The normalized spacial score (nSPS) is 14.1. The molecule has 1 fully saturated rings. The van der Waals surface area contributed by atoms with Crippen molar-refractivity contribution in [3.05, 3.63) is 35.9 Å². The Morgan fingerprint density at radius 2 is 1.73 bits per heavy atom. The number of likely N-dealkylation sites (tertiary alicyclic amines) is 1. The van der Waals surface area contributed by atoms with E-state index in [-0.39, 0.29) is 19.4 Å². The predicted octanol–water partition coefficient (Wildman–Crippen LogP) is 0.520. The van der Waals surface area contributed by atoms with Crippen molar-refractivity contribution in [3.63, 3.8) is 0 Å². The molecule has 1 aromatic carbocycles. The molecule has 0 unspecified atom stereocenters. The van der Waals surface area contributed by atoms with Crippen LogP contribution in [0.15, 0.2) is 30.3 Å². The number of amides is 3. The SMILES string of the molecule is O=C(OCc1ccccc1)ONCC(=O)N1C(=O)CCC1=O. The fraction of sp³-hybridized carbons (Fsp3) is 0.286. The summed E-state index contributed by atoms with van der Waals surface area (Å²) in [7, 11) is 0. The molecule has 1 N–H and O–H groups in total. The lowest BCUT2D eigenvalue weighted by Gasteiger charge is -2.12. The first-order chi connectivity index (χ1) is 10.6. The van der Waals surface area contributed by atoms with Gasteiger partial charge in [0.05, 0.1) is 0 Å². The lowest BCUT2D eigenvalue weighted by Crippen LogP contribution is -2.41. The van der Waals surface area contributed by atoms with Crippen LogP contribution in [-0.2, 0) is 30.6 Å². The minimum atomic E-state index is -1.02. The van der Waals surface area contributed by atoms with Crippen molar-refractivity contribution in [2.45, 2.75) is 19.4 Å². The largest absolute Gasteiger partial charge is 0.528 e. The highest BCUT2D eigenvalue weighted by molar-refractivity contribution is 6.15. The van der Waals surface area contributed by atoms with E-state index in [1.807, 2.05) is 6.07 Å². The Balaban J connectivity index is 1.67. The summed E-state index contributed by atoms with van der Waals surface area (Å²) < 4.78 is 4.80. The summed E-state index contributed by atoms with van der Waals surface area (Å²) in [5, 5.41) is 0. The molecule has 8 heteroatoms. The molecule has 0 radical (unpaired) electrons. The van der Waals surface area contributed by atoms with Gasteiger partial charge < -0.3 is 9.57 Å². The van der Waals surface area contributed by atoms with Crippen LogP contribution in [0.5, 0.6) is 0 Å². The number of hydrogen-bond acceptors (Lipinski definition) is 7. The molecule has 116 valence electrons. The van der Waals surface area contributed by atoms with E-state index in [1.165, 1.54) is 0 Å². The van der Waals surface area contributed by atoms with Gasteiger partial charge in [0.2, 0.25) is 11.8 Å². The number of hydroxylamine groups is 1. The third-order valence-electron chi connectivity index (χ3n) is 2.88. The van der Waals surface area contributed by atoms with E-state index in [0.717, 1.165) is 5.56 Å². The monoisotopic (exact) mass is 306 g/mol. The number of carbonyl (C=O) groups excluding carboxylic acids is 4. The van der Waals surface area contributed by atoms with Crippen LogP contribution >= 0.6 is 0 Å². The molecule has 2 rings (SSSR count). The van der Waals surface area contributed by atoms with Crippen LogP contribution in [0.3, 0.4) is 0 Å². The van der Waals surface area contributed by atoms with Gasteiger partial charge in [0.25, 0.3) is 5.91 Å². The van der Waals surface area contributed by atoms with Crippen molar-refractivity contribution in [2.24, 2.45) is 0 Å². The van der Waals surface area contributed by atoms with E-state index < -0.39 is 30.4 Å². The van der Waals surface area contributed by atoms with Gasteiger partial charge in [0.1, 0.15) is 13.2 Å². The number of ether oxygens (including phenoxy) is 1. The molecule has 1 heterocycles. The van der Waals surface area contributed by atoms with Gasteiger partial charge in [0, 0.05) is 12.8 Å². The van der Waals surface area contributed by atoms with E-state index in [2.05, 4.69) is 10.3 Å². The average molecular weight is 306 g/mol. The van der Waals surface area contributed by atoms with Crippen molar-refractivity contribution < 1.29 is 28.8 Å². The highest BCUT2D eigenvalue weighted by Gasteiger charge is 2.34. The molecule has 3 amide bonds. The van der Waals surface area contributed by atoms with Gasteiger partial charge in [-0.2, -0.15) is 0 Å². The van der Waals surface area contributed by atoms with Crippen LogP contribution < -0.4 is 5.48 Å². The third kappa shape index (κ3) is 4.13. The Kier molecular flexibility index (Phi) is 5.21. The Labute approximate surface area is 125 Å². The van der Waals surface area contributed by atoms with Crippen molar-refractivity contribution in [3.8, 4) is 0 Å². The summed E-state index contributed by atoms with van der Waals surface area (Å²) >= 11 is 0. The molecule has 8 nitrogen and oxygen atoms in total. The zero-order valence-electron chi connectivity index (χ0n) is 11.6. The maximum Gasteiger partial charge on any atom is 0.528 e. The molecule has 0 saturated carbocycles. The zero-order chi connectivity index (χ0) is 15.9. The summed E-state index contributed by atoms with van der Waals surface area (Å²) in [5.74, 6) is -1.88. The Hall–Kier alpha value is -2.74. The minimum Gasteiger partial charge on any atom is -0.428 e. The summed E-state index contributed by atoms with van der Waals surface area (Å²) in [6, 6.07) is 8.97. The van der Waals surface area contributed by atoms with E-state index in [1.54, 1.807) is 24.3 Å². The molecule has 1 aromatic rings. The second kappa shape index (κ2) is 7.32. The van der Waals surface area contributed by atoms with Gasteiger partial charge in [-0.3, -0.25) is 14.4 Å². The fourth-order valence-electron chi connectivity index (χ4n) is 1.84. The number of nitrogens with one attached hydrogen (secondary N) is 1.